The molecule has 0 saturated heterocycles. The summed E-state index contributed by atoms with van der Waals surface area (Å²) >= 11 is 0. The van der Waals surface area contributed by atoms with Crippen LogP contribution in [0.1, 0.15) is 0 Å². The van der Waals surface area contributed by atoms with Crippen LogP contribution < -0.4 is 0 Å². The molecule has 0 aliphatic carbocycles. The van der Waals surface area contributed by atoms with Gasteiger partial charge in [0.2, 0.25) is 0 Å². The van der Waals surface area contributed by atoms with E-state index < -0.39 is 26.4 Å². The van der Waals surface area contributed by atoms with Crippen LogP contribution in [0.3, 0.4) is 0 Å². The van der Waals surface area contributed by atoms with Gasteiger partial charge in [-0.25, -0.2) is 17.2 Å². The summed E-state index contributed by atoms with van der Waals surface area (Å²) in [7, 11) is -3.69. The smallest absolute Gasteiger partial charge is 0.178 e. The highest BCUT2D eigenvalue weighted by atomic mass is 32.2. The van der Waals surface area contributed by atoms with Crippen LogP contribution in [0.15, 0.2) is 17.0 Å². The van der Waals surface area contributed by atoms with Crippen molar-refractivity contribution in [1.29, 1.82) is 0 Å². The zero-order chi connectivity index (χ0) is 9.35. The first-order valence-corrected chi connectivity index (χ1v) is 4.88. The van der Waals surface area contributed by atoms with Crippen LogP contribution in [-0.2, 0) is 9.84 Å². The lowest BCUT2D eigenvalue weighted by molar-refractivity contribution is 0.484. The largest absolute Gasteiger partial charge is 0.224 e. The van der Waals surface area contributed by atoms with E-state index in [0.29, 0.717) is 0 Å². The highest BCUT2D eigenvalue weighted by molar-refractivity contribution is 7.90. The molecule has 0 heterocycles. The molecule has 0 aromatic heterocycles. The van der Waals surface area contributed by atoms with Crippen molar-refractivity contribution in [2.75, 3.05) is 6.26 Å². The van der Waals surface area contributed by atoms with Gasteiger partial charge in [0.05, 0.1) is 0 Å². The molecule has 2 nitrogen and oxygen atoms in total. The fourth-order valence-electron chi connectivity index (χ4n) is 0.722. The molecular weight excluding hydrogens is 186 g/mol. The summed E-state index contributed by atoms with van der Waals surface area (Å²) in [5, 5.41) is 0. The zero-order valence-electron chi connectivity index (χ0n) is 6.14. The molecule has 0 unspecified atom stereocenters. The number of hydrogen-bond acceptors (Lipinski definition) is 2. The summed E-state index contributed by atoms with van der Waals surface area (Å²) in [5.41, 5.74) is 0. The fourth-order valence-corrected chi connectivity index (χ4v) is 1.45. The molecule has 5 heteroatoms. The predicted molar refractivity (Wildman–Crippen MR) is 38.3 cm³/mol. The third-order valence-electron chi connectivity index (χ3n) is 1.25. The summed E-state index contributed by atoms with van der Waals surface area (Å²) in [6, 6.07) is 3.89. The monoisotopic (exact) mass is 191 g/mol. The Kier molecular flexibility index (Phi) is 2.14. The van der Waals surface area contributed by atoms with E-state index >= 15 is 0 Å². The molecule has 0 fully saturated rings. The molecular formula is C7H5F2O2S. The Hall–Kier alpha value is -0.970. The highest BCUT2D eigenvalue weighted by Crippen LogP contribution is 2.15. The Bertz CT molecular complexity index is 398. The second-order valence-electron chi connectivity index (χ2n) is 2.24. The Morgan fingerprint density at radius 3 is 2.42 bits per heavy atom. The van der Waals surface area contributed by atoms with Crippen LogP contribution in [0, 0.1) is 17.7 Å². The SMILES string of the molecule is CS(=O)(=O)c1cc[c]c(F)c1F. The van der Waals surface area contributed by atoms with Crippen LogP contribution in [-0.4, -0.2) is 14.7 Å². The molecule has 0 saturated carbocycles. The van der Waals surface area contributed by atoms with Crippen molar-refractivity contribution in [3.8, 4) is 0 Å². The van der Waals surface area contributed by atoms with Gasteiger partial charge in [-0.3, -0.25) is 0 Å². The lowest BCUT2D eigenvalue weighted by atomic mass is 10.3. The minimum Gasteiger partial charge on any atom is -0.224 e. The van der Waals surface area contributed by atoms with Crippen LogP contribution in [0.2, 0.25) is 0 Å². The summed E-state index contributed by atoms with van der Waals surface area (Å²) < 4.78 is 46.7. The summed E-state index contributed by atoms with van der Waals surface area (Å²) in [6.07, 6.45) is 0.810. The maximum atomic E-state index is 12.7. The maximum absolute atomic E-state index is 12.7. The maximum Gasteiger partial charge on any atom is 0.178 e. The summed E-state index contributed by atoms with van der Waals surface area (Å²) in [4.78, 5) is -0.640. The Balaban J connectivity index is 3.47. The normalized spacial score (nSPS) is 11.6. The van der Waals surface area contributed by atoms with Crippen molar-refractivity contribution in [2.45, 2.75) is 4.90 Å². The second-order valence-corrected chi connectivity index (χ2v) is 4.23. The van der Waals surface area contributed by atoms with Gasteiger partial charge in [0.1, 0.15) is 4.90 Å². The number of rotatable bonds is 1. The van der Waals surface area contributed by atoms with E-state index in [0.717, 1.165) is 18.4 Å². The second kappa shape index (κ2) is 2.82. The Morgan fingerprint density at radius 1 is 1.42 bits per heavy atom. The number of benzene rings is 1. The highest BCUT2D eigenvalue weighted by Gasteiger charge is 2.16. The first-order valence-electron chi connectivity index (χ1n) is 2.98. The molecule has 0 aliphatic heterocycles. The molecule has 65 valence electrons. The average molecular weight is 191 g/mol. The molecule has 1 rings (SSSR count). The molecule has 0 N–H and O–H groups in total. The van der Waals surface area contributed by atoms with E-state index in [9.17, 15) is 17.2 Å². The van der Waals surface area contributed by atoms with Crippen molar-refractivity contribution in [3.05, 3.63) is 29.8 Å². The predicted octanol–water partition coefficient (Wildman–Crippen LogP) is 1.17. The van der Waals surface area contributed by atoms with E-state index in [1.165, 1.54) is 0 Å². The molecule has 0 spiro atoms. The molecule has 1 aromatic rings. The first kappa shape index (κ1) is 9.12. The lowest BCUT2D eigenvalue weighted by Gasteiger charge is -1.99. The van der Waals surface area contributed by atoms with Gasteiger partial charge in [-0.2, -0.15) is 0 Å². The van der Waals surface area contributed by atoms with Crippen LogP contribution in [0.5, 0.6) is 0 Å². The van der Waals surface area contributed by atoms with Gasteiger partial charge in [0.15, 0.2) is 21.5 Å². The quantitative estimate of drug-likeness (QED) is 0.667. The van der Waals surface area contributed by atoms with Crippen LogP contribution >= 0.6 is 0 Å². The van der Waals surface area contributed by atoms with Crippen molar-refractivity contribution in [2.24, 2.45) is 0 Å². The minimum atomic E-state index is -3.69. The molecule has 1 aromatic carbocycles. The molecule has 0 aliphatic rings. The van der Waals surface area contributed by atoms with E-state index in [1.807, 2.05) is 6.07 Å². The lowest BCUT2D eigenvalue weighted by Crippen LogP contribution is -2.02. The van der Waals surface area contributed by atoms with Gasteiger partial charge in [-0.15, -0.1) is 0 Å². The fraction of sp³-hybridized carbons (Fsp3) is 0.143. The van der Waals surface area contributed by atoms with Crippen molar-refractivity contribution < 1.29 is 17.2 Å². The molecule has 12 heavy (non-hydrogen) atoms. The Morgan fingerprint density at radius 2 is 2.00 bits per heavy atom. The van der Waals surface area contributed by atoms with Gasteiger partial charge in [0.25, 0.3) is 0 Å². The van der Waals surface area contributed by atoms with Crippen LogP contribution in [0.4, 0.5) is 8.78 Å². The molecule has 0 amide bonds. The van der Waals surface area contributed by atoms with Gasteiger partial charge >= 0.3 is 0 Å². The topological polar surface area (TPSA) is 34.1 Å². The average Bonchev–Trinajstić information content (AvgIpc) is 1.92. The van der Waals surface area contributed by atoms with Gasteiger partial charge < -0.3 is 0 Å². The molecule has 0 atom stereocenters. The van der Waals surface area contributed by atoms with E-state index in [-0.39, 0.29) is 0 Å². The molecule has 1 radical (unpaired) electrons. The van der Waals surface area contributed by atoms with Crippen molar-refractivity contribution >= 4 is 9.84 Å². The van der Waals surface area contributed by atoms with Gasteiger partial charge in [0, 0.05) is 12.3 Å². The van der Waals surface area contributed by atoms with E-state index in [1.54, 1.807) is 0 Å². The third kappa shape index (κ3) is 1.61. The van der Waals surface area contributed by atoms with E-state index in [4.69, 9.17) is 0 Å². The van der Waals surface area contributed by atoms with Gasteiger partial charge in [-0.1, -0.05) is 0 Å². The summed E-state index contributed by atoms with van der Waals surface area (Å²) in [6.45, 7) is 0. The number of hydrogen-bond donors (Lipinski definition) is 0. The van der Waals surface area contributed by atoms with Crippen molar-refractivity contribution in [1.82, 2.24) is 0 Å². The van der Waals surface area contributed by atoms with Gasteiger partial charge in [-0.05, 0) is 12.1 Å². The molecule has 0 bridgehead atoms. The van der Waals surface area contributed by atoms with Crippen LogP contribution in [0.25, 0.3) is 0 Å². The Labute approximate surface area is 68.8 Å². The zero-order valence-corrected chi connectivity index (χ0v) is 6.95. The summed E-state index contributed by atoms with van der Waals surface area (Å²) in [5.74, 6) is -2.65. The van der Waals surface area contributed by atoms with Crippen molar-refractivity contribution in [3.63, 3.8) is 0 Å². The van der Waals surface area contributed by atoms with E-state index in [2.05, 4.69) is 0 Å². The third-order valence-corrected chi connectivity index (χ3v) is 2.37. The number of sulfone groups is 1. The number of halogens is 2. The first-order chi connectivity index (χ1) is 5.43. The standard InChI is InChI=1S/C7H5F2O2S/c1-12(10,11)6-4-2-3-5(8)7(6)9/h2,4H,1H3. The minimum absolute atomic E-state index is 0.640.